The number of hydrogen-bond acceptors (Lipinski definition) is 4. The molecule has 0 saturated carbocycles. The second kappa shape index (κ2) is 4.83. The molecule has 92 valence electrons. The van der Waals surface area contributed by atoms with Gasteiger partial charge in [-0.1, -0.05) is 0 Å². The Morgan fingerprint density at radius 2 is 2.00 bits per heavy atom. The molecule has 1 N–H and O–H groups in total. The number of halogens is 2. The molecule has 0 unspecified atom stereocenters. The van der Waals surface area contributed by atoms with Gasteiger partial charge >= 0.3 is 5.69 Å². The van der Waals surface area contributed by atoms with Crippen LogP contribution >= 0.6 is 0 Å². The molecule has 1 rings (SSSR count). The van der Waals surface area contributed by atoms with Crippen LogP contribution in [0.1, 0.15) is 10.4 Å². The van der Waals surface area contributed by atoms with Crippen LogP contribution in [0.3, 0.4) is 0 Å². The number of rotatable bonds is 3. The lowest BCUT2D eigenvalue weighted by Gasteiger charge is -2.12. The number of hydrazine groups is 1. The fraction of sp³-hybridized carbons (Fsp3) is 0.222. The summed E-state index contributed by atoms with van der Waals surface area (Å²) < 4.78 is 26.8. The van der Waals surface area contributed by atoms with E-state index >= 15 is 0 Å². The fourth-order valence-electron chi connectivity index (χ4n) is 1.15. The Morgan fingerprint density at radius 3 is 2.47 bits per heavy atom. The van der Waals surface area contributed by atoms with E-state index in [-0.39, 0.29) is 0 Å². The minimum Gasteiger partial charge on any atom is -0.285 e. The van der Waals surface area contributed by atoms with E-state index in [1.54, 1.807) is 0 Å². The molecule has 1 aromatic carbocycles. The van der Waals surface area contributed by atoms with Crippen molar-refractivity contribution in [1.82, 2.24) is 10.4 Å². The van der Waals surface area contributed by atoms with Gasteiger partial charge in [0, 0.05) is 20.2 Å². The summed E-state index contributed by atoms with van der Waals surface area (Å²) >= 11 is 0. The minimum atomic E-state index is -1.49. The molecular weight excluding hydrogens is 236 g/mol. The maximum atomic E-state index is 13.5. The molecule has 0 aromatic heterocycles. The summed E-state index contributed by atoms with van der Waals surface area (Å²) in [5, 5.41) is 11.6. The van der Waals surface area contributed by atoms with Gasteiger partial charge in [0.2, 0.25) is 5.82 Å². The Labute approximate surface area is 95.0 Å². The first-order valence-electron chi connectivity index (χ1n) is 4.45. The van der Waals surface area contributed by atoms with Gasteiger partial charge in [0.1, 0.15) is 11.4 Å². The Bertz CT molecular complexity index is 477. The molecule has 6 nitrogen and oxygen atoms in total. The average molecular weight is 245 g/mol. The van der Waals surface area contributed by atoms with Crippen LogP contribution in [0.2, 0.25) is 0 Å². The van der Waals surface area contributed by atoms with Crippen LogP contribution in [0, 0.1) is 21.7 Å². The average Bonchev–Trinajstić information content (AvgIpc) is 2.15. The lowest BCUT2D eigenvalue weighted by Crippen LogP contribution is -2.37. The van der Waals surface area contributed by atoms with Crippen molar-refractivity contribution in [2.45, 2.75) is 0 Å². The van der Waals surface area contributed by atoms with Crippen LogP contribution in [-0.4, -0.2) is 29.9 Å². The van der Waals surface area contributed by atoms with Gasteiger partial charge in [0.15, 0.2) is 0 Å². The van der Waals surface area contributed by atoms with Crippen molar-refractivity contribution in [3.05, 3.63) is 39.4 Å². The zero-order valence-electron chi connectivity index (χ0n) is 9.03. The van der Waals surface area contributed by atoms with Crippen molar-refractivity contribution in [2.24, 2.45) is 0 Å². The zero-order valence-corrected chi connectivity index (χ0v) is 9.03. The maximum absolute atomic E-state index is 13.5. The predicted octanol–water partition coefficient (Wildman–Crippen LogP) is 1.08. The van der Waals surface area contributed by atoms with Crippen molar-refractivity contribution in [1.29, 1.82) is 0 Å². The van der Waals surface area contributed by atoms with E-state index in [2.05, 4.69) is 5.43 Å². The Kier molecular flexibility index (Phi) is 3.69. The number of carbonyl (C=O) groups excluding carboxylic acids is 1. The number of nitrogens with one attached hydrogen (secondary N) is 1. The van der Waals surface area contributed by atoms with Gasteiger partial charge in [0.05, 0.1) is 4.92 Å². The summed E-state index contributed by atoms with van der Waals surface area (Å²) in [6, 6.07) is 1.34. The molecule has 0 aliphatic heterocycles. The summed E-state index contributed by atoms with van der Waals surface area (Å²) in [4.78, 5) is 20.8. The largest absolute Gasteiger partial charge is 0.305 e. The number of benzene rings is 1. The predicted molar refractivity (Wildman–Crippen MR) is 54.2 cm³/mol. The van der Waals surface area contributed by atoms with Gasteiger partial charge in [-0.3, -0.25) is 20.3 Å². The fourth-order valence-corrected chi connectivity index (χ4v) is 1.15. The number of nitro groups is 1. The van der Waals surface area contributed by atoms with E-state index in [0.717, 1.165) is 0 Å². The summed E-state index contributed by atoms with van der Waals surface area (Å²) in [6.45, 7) is 0. The van der Waals surface area contributed by atoms with Crippen LogP contribution in [0.5, 0.6) is 0 Å². The van der Waals surface area contributed by atoms with Crippen LogP contribution in [-0.2, 0) is 0 Å². The third-order valence-corrected chi connectivity index (χ3v) is 1.82. The highest BCUT2D eigenvalue weighted by Gasteiger charge is 2.26. The second-order valence-corrected chi connectivity index (χ2v) is 3.35. The number of nitrogens with zero attached hydrogens (tertiary/aromatic N) is 2. The Hall–Kier alpha value is -2.09. The van der Waals surface area contributed by atoms with Crippen LogP contribution in [0.4, 0.5) is 14.5 Å². The molecule has 0 aliphatic rings. The standard InChI is InChI=1S/C9H9F2N3O3/c1-13(2)12-9(15)7-5(10)3-4-6(8(7)11)14(16)17/h3-4H,1-2H3,(H,12,15). The molecule has 0 saturated heterocycles. The molecule has 0 heterocycles. The normalized spacial score (nSPS) is 10.4. The Balaban J connectivity index is 3.27. The summed E-state index contributed by atoms with van der Waals surface area (Å²) in [5.74, 6) is -3.74. The molecule has 8 heteroatoms. The van der Waals surface area contributed by atoms with Crippen molar-refractivity contribution in [3.63, 3.8) is 0 Å². The molecule has 0 radical (unpaired) electrons. The highest BCUT2D eigenvalue weighted by molar-refractivity contribution is 5.95. The van der Waals surface area contributed by atoms with Crippen LogP contribution in [0.15, 0.2) is 12.1 Å². The number of nitro benzene ring substituents is 1. The summed E-state index contributed by atoms with van der Waals surface area (Å²) in [6.07, 6.45) is 0. The van der Waals surface area contributed by atoms with E-state index in [0.29, 0.717) is 12.1 Å². The Morgan fingerprint density at radius 1 is 1.41 bits per heavy atom. The van der Waals surface area contributed by atoms with Crippen molar-refractivity contribution in [2.75, 3.05) is 14.1 Å². The van der Waals surface area contributed by atoms with Gasteiger partial charge in [-0.15, -0.1) is 0 Å². The van der Waals surface area contributed by atoms with Gasteiger partial charge in [-0.05, 0) is 6.07 Å². The SMILES string of the molecule is CN(C)NC(=O)c1c(F)ccc([N+](=O)[O-])c1F. The maximum Gasteiger partial charge on any atom is 0.305 e. The highest BCUT2D eigenvalue weighted by atomic mass is 19.1. The van der Waals surface area contributed by atoms with Crippen LogP contribution < -0.4 is 5.43 Å². The van der Waals surface area contributed by atoms with Gasteiger partial charge in [-0.25, -0.2) is 9.40 Å². The third kappa shape index (κ3) is 2.72. The van der Waals surface area contributed by atoms with Crippen LogP contribution in [0.25, 0.3) is 0 Å². The first kappa shape index (κ1) is 13.0. The smallest absolute Gasteiger partial charge is 0.285 e. The molecule has 0 aliphatic carbocycles. The molecule has 1 amide bonds. The highest BCUT2D eigenvalue weighted by Crippen LogP contribution is 2.22. The van der Waals surface area contributed by atoms with E-state index in [1.165, 1.54) is 19.1 Å². The molecule has 0 fully saturated rings. The second-order valence-electron chi connectivity index (χ2n) is 3.35. The van der Waals surface area contributed by atoms with E-state index < -0.39 is 33.7 Å². The zero-order chi connectivity index (χ0) is 13.2. The topological polar surface area (TPSA) is 75.5 Å². The summed E-state index contributed by atoms with van der Waals surface area (Å²) in [7, 11) is 2.87. The van der Waals surface area contributed by atoms with E-state index in [1.807, 2.05) is 0 Å². The quantitative estimate of drug-likeness (QED) is 0.638. The van der Waals surface area contributed by atoms with Gasteiger partial charge in [-0.2, -0.15) is 4.39 Å². The molecule has 0 spiro atoms. The molecule has 1 aromatic rings. The number of carbonyl (C=O) groups is 1. The van der Waals surface area contributed by atoms with Gasteiger partial charge in [0.25, 0.3) is 5.91 Å². The molecule has 0 bridgehead atoms. The van der Waals surface area contributed by atoms with Crippen molar-refractivity contribution in [3.8, 4) is 0 Å². The number of amides is 1. The molecule has 0 atom stereocenters. The monoisotopic (exact) mass is 245 g/mol. The lowest BCUT2D eigenvalue weighted by atomic mass is 10.1. The van der Waals surface area contributed by atoms with E-state index in [4.69, 9.17) is 0 Å². The van der Waals surface area contributed by atoms with Crippen molar-refractivity contribution >= 4 is 11.6 Å². The lowest BCUT2D eigenvalue weighted by molar-refractivity contribution is -0.387. The number of hydrogen-bond donors (Lipinski definition) is 1. The molecular formula is C9H9F2N3O3. The summed E-state index contributed by atoms with van der Waals surface area (Å²) in [5.41, 5.74) is 0.171. The third-order valence-electron chi connectivity index (χ3n) is 1.82. The van der Waals surface area contributed by atoms with E-state index in [9.17, 15) is 23.7 Å². The van der Waals surface area contributed by atoms with Gasteiger partial charge < -0.3 is 0 Å². The first-order valence-corrected chi connectivity index (χ1v) is 4.45. The molecule has 17 heavy (non-hydrogen) atoms. The van der Waals surface area contributed by atoms with Crippen molar-refractivity contribution < 1.29 is 18.5 Å². The minimum absolute atomic E-state index is 0.664. The first-order chi connectivity index (χ1) is 7.84.